The van der Waals surface area contributed by atoms with Gasteiger partial charge in [-0.15, -0.1) is 0 Å². The van der Waals surface area contributed by atoms with E-state index in [-0.39, 0.29) is 27.8 Å². The maximum absolute atomic E-state index is 13.5. The van der Waals surface area contributed by atoms with Crippen LogP contribution in [0.1, 0.15) is 17.5 Å². The fourth-order valence-electron chi connectivity index (χ4n) is 3.41. The lowest BCUT2D eigenvalue weighted by Crippen LogP contribution is -2.36. The molecule has 0 aliphatic carbocycles. The van der Waals surface area contributed by atoms with Crippen molar-refractivity contribution in [2.45, 2.75) is 30.1 Å². The summed E-state index contributed by atoms with van der Waals surface area (Å²) in [5.41, 5.74) is 2.04. The van der Waals surface area contributed by atoms with Crippen LogP contribution in [0.15, 0.2) is 88.9 Å². The molecule has 32 heavy (non-hydrogen) atoms. The van der Waals surface area contributed by atoms with Crippen LogP contribution in [0, 0.1) is 13.8 Å². The molecule has 0 unspecified atom stereocenters. The molecule has 1 aliphatic heterocycles. The highest BCUT2D eigenvalue weighted by molar-refractivity contribution is 7.93. The highest BCUT2D eigenvalue weighted by atomic mass is 32.2. The largest absolute Gasteiger partial charge is 0.268 e. The van der Waals surface area contributed by atoms with Crippen LogP contribution in [-0.4, -0.2) is 28.4 Å². The van der Waals surface area contributed by atoms with Crippen molar-refractivity contribution in [1.82, 2.24) is 4.98 Å². The van der Waals surface area contributed by atoms with E-state index in [1.807, 2.05) is 13.8 Å². The average Bonchev–Trinajstić information content (AvgIpc) is 2.75. The lowest BCUT2D eigenvalue weighted by Gasteiger charge is -2.30. The number of nitrogens with zero attached hydrogens (tertiary/aromatic N) is 3. The Bertz CT molecular complexity index is 1370. The summed E-state index contributed by atoms with van der Waals surface area (Å²) in [7, 11) is -7.94. The Kier molecular flexibility index (Phi) is 5.79. The van der Waals surface area contributed by atoms with Gasteiger partial charge in [-0.25, -0.2) is 30.4 Å². The minimum atomic E-state index is -3.99. The van der Waals surface area contributed by atoms with Crippen molar-refractivity contribution in [1.29, 1.82) is 0 Å². The molecule has 2 heterocycles. The van der Waals surface area contributed by atoms with E-state index < -0.39 is 20.0 Å². The topological polar surface area (TPSA) is 87.7 Å². The molecule has 0 radical (unpaired) electrons. The highest BCUT2D eigenvalue weighted by Gasteiger charge is 2.33. The molecule has 0 atom stereocenters. The molecule has 3 aromatic rings. The van der Waals surface area contributed by atoms with Crippen LogP contribution in [0.4, 0.5) is 11.5 Å². The van der Waals surface area contributed by atoms with Gasteiger partial charge in [0.05, 0.1) is 9.79 Å². The van der Waals surface area contributed by atoms with E-state index in [0.29, 0.717) is 6.42 Å². The molecular formula is C23H23N3O4S2. The summed E-state index contributed by atoms with van der Waals surface area (Å²) in [5, 5.41) is 0. The predicted molar refractivity (Wildman–Crippen MR) is 125 cm³/mol. The number of aromatic nitrogens is 1. The first-order valence-corrected chi connectivity index (χ1v) is 12.9. The van der Waals surface area contributed by atoms with Gasteiger partial charge in [-0.05, 0) is 56.7 Å². The van der Waals surface area contributed by atoms with Crippen molar-refractivity contribution in [2.75, 3.05) is 15.2 Å². The van der Waals surface area contributed by atoms with E-state index in [0.717, 1.165) is 15.4 Å². The van der Waals surface area contributed by atoms with Crippen molar-refractivity contribution < 1.29 is 16.8 Å². The molecule has 7 nitrogen and oxygen atoms in total. The van der Waals surface area contributed by atoms with Crippen LogP contribution in [0.2, 0.25) is 0 Å². The maximum Gasteiger partial charge on any atom is 0.268 e. The first-order chi connectivity index (χ1) is 15.2. The van der Waals surface area contributed by atoms with Crippen molar-refractivity contribution >= 4 is 31.6 Å². The van der Waals surface area contributed by atoms with Crippen LogP contribution < -0.4 is 8.61 Å². The molecule has 1 aliphatic rings. The molecule has 0 fully saturated rings. The van der Waals surface area contributed by atoms with E-state index in [2.05, 4.69) is 4.98 Å². The van der Waals surface area contributed by atoms with Crippen LogP contribution in [-0.2, 0) is 20.0 Å². The summed E-state index contributed by atoms with van der Waals surface area (Å²) in [5.74, 6) is 0.0631. The average molecular weight is 470 g/mol. The molecule has 1 aromatic heterocycles. The third kappa shape index (κ3) is 4.01. The van der Waals surface area contributed by atoms with Gasteiger partial charge >= 0.3 is 0 Å². The monoisotopic (exact) mass is 469 g/mol. The van der Waals surface area contributed by atoms with Crippen LogP contribution >= 0.6 is 0 Å². The number of benzene rings is 2. The molecule has 0 spiro atoms. The van der Waals surface area contributed by atoms with Gasteiger partial charge in [-0.2, -0.15) is 0 Å². The van der Waals surface area contributed by atoms with Crippen molar-refractivity contribution in [3.63, 3.8) is 0 Å². The van der Waals surface area contributed by atoms with Gasteiger partial charge < -0.3 is 0 Å². The highest BCUT2D eigenvalue weighted by Crippen LogP contribution is 2.36. The standard InChI is InChI=1S/C23H23N3O4S2/c1-18-7-11-20(12-8-18)31(27,28)25-16-3-4-17-26(23-22(25)6-5-15-24-23)32(29,30)21-13-9-19(2)10-14-21/h3,5-16H,4,17H2,1-2H3/b16-3-. The molecule has 4 rings (SSSR count). The Morgan fingerprint density at radius 3 is 1.94 bits per heavy atom. The maximum atomic E-state index is 13.5. The van der Waals surface area contributed by atoms with E-state index in [1.165, 1.54) is 28.8 Å². The summed E-state index contributed by atoms with van der Waals surface area (Å²) in [6.45, 7) is 3.89. The number of aryl methyl sites for hydroxylation is 2. The molecule has 9 heteroatoms. The lowest BCUT2D eigenvalue weighted by atomic mass is 10.2. The smallest absolute Gasteiger partial charge is 0.248 e. The minimum absolute atomic E-state index is 0.0631. The molecule has 0 saturated heterocycles. The zero-order valence-electron chi connectivity index (χ0n) is 17.7. The van der Waals surface area contributed by atoms with E-state index >= 15 is 0 Å². The SMILES string of the molecule is Cc1ccc(S(=O)(=O)N2/C=C\CCN(S(=O)(=O)c3ccc(C)cc3)c3ncccc32)cc1. The molecule has 0 N–H and O–H groups in total. The van der Waals surface area contributed by atoms with E-state index in [4.69, 9.17) is 0 Å². The summed E-state index contributed by atoms with van der Waals surface area (Å²) < 4.78 is 56.2. The number of pyridine rings is 1. The second kappa shape index (κ2) is 8.40. The number of anilines is 2. The predicted octanol–water partition coefficient (Wildman–Crippen LogP) is 4.01. The second-order valence-electron chi connectivity index (χ2n) is 7.52. The normalized spacial score (nSPS) is 15.6. The quantitative estimate of drug-likeness (QED) is 0.576. The van der Waals surface area contributed by atoms with Crippen LogP contribution in [0.25, 0.3) is 0 Å². The molecule has 0 bridgehead atoms. The third-order valence-corrected chi connectivity index (χ3v) is 8.67. The van der Waals surface area contributed by atoms with Crippen molar-refractivity contribution in [3.8, 4) is 0 Å². The second-order valence-corrected chi connectivity index (χ2v) is 11.2. The number of hydrogen-bond acceptors (Lipinski definition) is 5. The first kappa shape index (κ1) is 22.0. The molecule has 166 valence electrons. The number of hydrogen-bond donors (Lipinski definition) is 0. The van der Waals surface area contributed by atoms with Crippen LogP contribution in [0.5, 0.6) is 0 Å². The molecule has 2 aromatic carbocycles. The number of sulfonamides is 2. The van der Waals surface area contributed by atoms with E-state index in [1.54, 1.807) is 54.6 Å². The number of fused-ring (bicyclic) bond motifs is 1. The lowest BCUT2D eigenvalue weighted by molar-refractivity contribution is 0.588. The zero-order chi connectivity index (χ0) is 22.9. The Balaban J connectivity index is 1.86. The first-order valence-electron chi connectivity index (χ1n) is 10.0. The van der Waals surface area contributed by atoms with Crippen molar-refractivity contribution in [3.05, 3.63) is 90.3 Å². The van der Waals surface area contributed by atoms with Gasteiger partial charge in [0, 0.05) is 18.9 Å². The van der Waals surface area contributed by atoms with Gasteiger partial charge in [0.1, 0.15) is 5.69 Å². The Morgan fingerprint density at radius 2 is 1.34 bits per heavy atom. The van der Waals surface area contributed by atoms with E-state index in [9.17, 15) is 16.8 Å². The van der Waals surface area contributed by atoms with Gasteiger partial charge in [0.15, 0.2) is 5.82 Å². The van der Waals surface area contributed by atoms with Crippen LogP contribution in [0.3, 0.4) is 0 Å². The summed E-state index contributed by atoms with van der Waals surface area (Å²) >= 11 is 0. The molecule has 0 amide bonds. The molecular weight excluding hydrogens is 446 g/mol. The van der Waals surface area contributed by atoms with Gasteiger partial charge in [0.25, 0.3) is 20.0 Å². The Labute approximate surface area is 188 Å². The summed E-state index contributed by atoms with van der Waals surface area (Å²) in [4.78, 5) is 4.52. The third-order valence-electron chi connectivity index (χ3n) is 5.17. The summed E-state index contributed by atoms with van der Waals surface area (Å²) in [6, 6.07) is 16.2. The Morgan fingerprint density at radius 1 is 0.781 bits per heavy atom. The van der Waals surface area contributed by atoms with Gasteiger partial charge in [0.2, 0.25) is 0 Å². The van der Waals surface area contributed by atoms with Gasteiger partial charge in [-0.3, -0.25) is 0 Å². The Hall–Kier alpha value is -3.17. The zero-order valence-corrected chi connectivity index (χ0v) is 19.3. The summed E-state index contributed by atoms with van der Waals surface area (Å²) in [6.07, 6.45) is 4.89. The fourth-order valence-corrected chi connectivity index (χ4v) is 6.21. The fraction of sp³-hybridized carbons (Fsp3) is 0.174. The minimum Gasteiger partial charge on any atom is -0.248 e. The number of rotatable bonds is 4. The van der Waals surface area contributed by atoms with Crippen molar-refractivity contribution in [2.24, 2.45) is 0 Å². The van der Waals surface area contributed by atoms with Gasteiger partial charge in [-0.1, -0.05) is 41.5 Å². The molecule has 0 saturated carbocycles.